The van der Waals surface area contributed by atoms with Crippen LogP contribution in [0, 0.1) is 16.0 Å². The predicted molar refractivity (Wildman–Crippen MR) is 67.7 cm³/mol. The number of benzene rings is 1. The second kappa shape index (κ2) is 5.14. The zero-order chi connectivity index (χ0) is 13.2. The maximum Gasteiger partial charge on any atom is 0.270 e. The molecule has 0 aliphatic rings. The molecule has 1 aromatic rings. The number of halogens is 1. The molecular formula is C10H12BrNO4S. The van der Waals surface area contributed by atoms with Crippen molar-refractivity contribution in [3.63, 3.8) is 0 Å². The molecule has 0 heterocycles. The maximum atomic E-state index is 11.9. The Kier molecular flexibility index (Phi) is 4.26. The zero-order valence-electron chi connectivity index (χ0n) is 9.38. The number of sulfone groups is 1. The summed E-state index contributed by atoms with van der Waals surface area (Å²) >= 11 is 3.06. The summed E-state index contributed by atoms with van der Waals surface area (Å²) < 4.78 is 24.1. The molecule has 5 nitrogen and oxygen atoms in total. The number of rotatable bonds is 4. The topological polar surface area (TPSA) is 77.3 Å². The van der Waals surface area contributed by atoms with Gasteiger partial charge in [-0.3, -0.25) is 10.1 Å². The van der Waals surface area contributed by atoms with Gasteiger partial charge in [0.1, 0.15) is 0 Å². The molecule has 1 rings (SSSR count). The van der Waals surface area contributed by atoms with Gasteiger partial charge in [-0.1, -0.05) is 13.8 Å². The molecule has 0 saturated heterocycles. The van der Waals surface area contributed by atoms with Crippen LogP contribution < -0.4 is 0 Å². The predicted octanol–water partition coefficient (Wildman–Crippen LogP) is 2.79. The third kappa shape index (κ3) is 3.50. The molecule has 0 aromatic heterocycles. The van der Waals surface area contributed by atoms with Gasteiger partial charge in [0.05, 0.1) is 15.6 Å². The van der Waals surface area contributed by atoms with Crippen LogP contribution in [0.4, 0.5) is 5.69 Å². The van der Waals surface area contributed by atoms with Crippen LogP contribution in [0.25, 0.3) is 0 Å². The number of non-ortho nitro benzene ring substituents is 1. The molecule has 0 atom stereocenters. The van der Waals surface area contributed by atoms with Crippen molar-refractivity contribution in [3.8, 4) is 0 Å². The van der Waals surface area contributed by atoms with E-state index in [0.717, 1.165) is 0 Å². The summed E-state index contributed by atoms with van der Waals surface area (Å²) in [6.45, 7) is 3.60. The minimum Gasteiger partial charge on any atom is -0.258 e. The minimum absolute atomic E-state index is 0.00194. The lowest BCUT2D eigenvalue weighted by atomic mass is 10.3. The Morgan fingerprint density at radius 2 is 2.00 bits per heavy atom. The quantitative estimate of drug-likeness (QED) is 0.631. The Morgan fingerprint density at radius 1 is 1.41 bits per heavy atom. The number of hydrogen-bond donors (Lipinski definition) is 0. The summed E-state index contributed by atoms with van der Waals surface area (Å²) in [6.07, 6.45) is 0. The van der Waals surface area contributed by atoms with Crippen LogP contribution in [0.1, 0.15) is 13.8 Å². The molecule has 0 bridgehead atoms. The fourth-order valence-electron chi connectivity index (χ4n) is 1.38. The Hall–Kier alpha value is -0.950. The molecule has 0 N–H and O–H groups in total. The molecular weight excluding hydrogens is 310 g/mol. The van der Waals surface area contributed by atoms with E-state index >= 15 is 0 Å². The summed E-state index contributed by atoms with van der Waals surface area (Å²) in [5.74, 6) is 0.0192. The second-order valence-electron chi connectivity index (χ2n) is 4.05. The smallest absolute Gasteiger partial charge is 0.258 e. The molecule has 0 saturated carbocycles. The van der Waals surface area contributed by atoms with Gasteiger partial charge in [-0.05, 0) is 27.9 Å². The molecule has 94 valence electrons. The van der Waals surface area contributed by atoms with Crippen molar-refractivity contribution in [2.75, 3.05) is 5.75 Å². The van der Waals surface area contributed by atoms with Gasteiger partial charge in [0.2, 0.25) is 0 Å². The van der Waals surface area contributed by atoms with Gasteiger partial charge in [0.25, 0.3) is 5.69 Å². The van der Waals surface area contributed by atoms with E-state index in [1.165, 1.54) is 18.2 Å². The van der Waals surface area contributed by atoms with E-state index in [9.17, 15) is 18.5 Å². The highest BCUT2D eigenvalue weighted by Crippen LogP contribution is 2.28. The van der Waals surface area contributed by atoms with Crippen molar-refractivity contribution >= 4 is 31.5 Å². The van der Waals surface area contributed by atoms with E-state index in [1.54, 1.807) is 13.8 Å². The summed E-state index contributed by atoms with van der Waals surface area (Å²) in [6, 6.07) is 3.66. The summed E-state index contributed by atoms with van der Waals surface area (Å²) in [5, 5.41) is 10.5. The van der Waals surface area contributed by atoms with Crippen LogP contribution in [-0.2, 0) is 9.84 Å². The summed E-state index contributed by atoms with van der Waals surface area (Å²) in [4.78, 5) is 10.1. The Morgan fingerprint density at radius 3 is 2.41 bits per heavy atom. The van der Waals surface area contributed by atoms with Crippen LogP contribution in [0.2, 0.25) is 0 Å². The van der Waals surface area contributed by atoms with Crippen molar-refractivity contribution in [3.05, 3.63) is 32.8 Å². The van der Waals surface area contributed by atoms with Gasteiger partial charge >= 0.3 is 0 Å². The first-order valence-corrected chi connectivity index (χ1v) is 7.35. The lowest BCUT2D eigenvalue weighted by Gasteiger charge is -2.08. The molecule has 0 radical (unpaired) electrons. The number of hydrogen-bond acceptors (Lipinski definition) is 4. The van der Waals surface area contributed by atoms with Crippen molar-refractivity contribution in [2.24, 2.45) is 5.92 Å². The van der Waals surface area contributed by atoms with Gasteiger partial charge in [0, 0.05) is 16.6 Å². The van der Waals surface area contributed by atoms with E-state index in [2.05, 4.69) is 15.9 Å². The highest BCUT2D eigenvalue weighted by Gasteiger charge is 2.21. The lowest BCUT2D eigenvalue weighted by molar-refractivity contribution is -0.385. The zero-order valence-corrected chi connectivity index (χ0v) is 11.8. The molecule has 17 heavy (non-hydrogen) atoms. The first-order valence-electron chi connectivity index (χ1n) is 4.90. The maximum absolute atomic E-state index is 11.9. The van der Waals surface area contributed by atoms with Crippen molar-refractivity contribution in [2.45, 2.75) is 18.7 Å². The van der Waals surface area contributed by atoms with Crippen molar-refractivity contribution in [1.29, 1.82) is 0 Å². The van der Waals surface area contributed by atoms with E-state index in [-0.39, 0.29) is 26.7 Å². The molecule has 0 aliphatic carbocycles. The van der Waals surface area contributed by atoms with Crippen LogP contribution in [-0.4, -0.2) is 19.1 Å². The molecule has 0 aliphatic heterocycles. The molecule has 1 aromatic carbocycles. The van der Waals surface area contributed by atoms with Crippen LogP contribution in [0.5, 0.6) is 0 Å². The van der Waals surface area contributed by atoms with Gasteiger partial charge in [-0.2, -0.15) is 0 Å². The monoisotopic (exact) mass is 321 g/mol. The fraction of sp³-hybridized carbons (Fsp3) is 0.400. The number of nitro benzene ring substituents is 1. The van der Waals surface area contributed by atoms with Gasteiger partial charge < -0.3 is 0 Å². The Labute approximate surface area is 108 Å². The third-order valence-corrected chi connectivity index (χ3v) is 5.06. The van der Waals surface area contributed by atoms with E-state index in [4.69, 9.17) is 0 Å². The average Bonchev–Trinajstić information content (AvgIpc) is 2.14. The molecule has 0 amide bonds. The van der Waals surface area contributed by atoms with E-state index < -0.39 is 14.8 Å². The largest absolute Gasteiger partial charge is 0.270 e. The number of nitrogens with zero attached hydrogens (tertiary/aromatic N) is 1. The Bertz CT molecular complexity index is 539. The van der Waals surface area contributed by atoms with Gasteiger partial charge in [-0.25, -0.2) is 8.42 Å². The molecule has 0 unspecified atom stereocenters. The summed E-state index contributed by atoms with van der Waals surface area (Å²) in [7, 11) is -3.40. The highest BCUT2D eigenvalue weighted by atomic mass is 79.9. The van der Waals surface area contributed by atoms with Crippen molar-refractivity contribution < 1.29 is 13.3 Å². The minimum atomic E-state index is -3.40. The molecule has 7 heteroatoms. The highest BCUT2D eigenvalue weighted by molar-refractivity contribution is 9.10. The summed E-state index contributed by atoms with van der Waals surface area (Å²) in [5.41, 5.74) is -0.139. The third-order valence-electron chi connectivity index (χ3n) is 2.01. The fourth-order valence-corrected chi connectivity index (χ4v) is 4.18. The normalized spacial score (nSPS) is 11.8. The Balaban J connectivity index is 3.21. The van der Waals surface area contributed by atoms with Crippen LogP contribution in [0.15, 0.2) is 27.6 Å². The van der Waals surface area contributed by atoms with Crippen LogP contribution >= 0.6 is 15.9 Å². The SMILES string of the molecule is CC(C)CS(=O)(=O)c1ccc([N+](=O)[O-])cc1Br. The first-order chi connectivity index (χ1) is 7.74. The van der Waals surface area contributed by atoms with Crippen molar-refractivity contribution in [1.82, 2.24) is 0 Å². The number of nitro groups is 1. The van der Waals surface area contributed by atoms with E-state index in [0.29, 0.717) is 0 Å². The molecule has 0 fully saturated rings. The molecule has 0 spiro atoms. The van der Waals surface area contributed by atoms with Gasteiger partial charge in [0.15, 0.2) is 9.84 Å². The van der Waals surface area contributed by atoms with Gasteiger partial charge in [-0.15, -0.1) is 0 Å². The first kappa shape index (κ1) is 14.1. The lowest BCUT2D eigenvalue weighted by Crippen LogP contribution is -2.12. The average molecular weight is 322 g/mol. The second-order valence-corrected chi connectivity index (χ2v) is 6.90. The van der Waals surface area contributed by atoms with Crippen LogP contribution in [0.3, 0.4) is 0 Å². The van der Waals surface area contributed by atoms with E-state index in [1.807, 2.05) is 0 Å². The standard InChI is InChI=1S/C10H12BrNO4S/c1-7(2)6-17(15,16)10-4-3-8(12(13)14)5-9(10)11/h3-5,7H,6H2,1-2H3.